The smallest absolute Gasteiger partial charge is 0.274 e. The molecule has 0 bridgehead atoms. The quantitative estimate of drug-likeness (QED) is 0.839. The minimum atomic E-state index is -0.0906. The van der Waals surface area contributed by atoms with Gasteiger partial charge in [0.1, 0.15) is 11.5 Å². The highest BCUT2D eigenvalue weighted by atomic mass is 16.5. The zero-order chi connectivity index (χ0) is 13.1. The molecule has 1 fully saturated rings. The summed E-state index contributed by atoms with van der Waals surface area (Å²) in [5.74, 6) is 0.558. The molecule has 1 saturated heterocycles. The van der Waals surface area contributed by atoms with E-state index >= 15 is 0 Å². The Hall–Kier alpha value is -1.69. The van der Waals surface area contributed by atoms with Crippen LogP contribution in [0.3, 0.4) is 0 Å². The molecule has 0 aromatic carbocycles. The number of hydrogen-bond acceptors (Lipinski definition) is 5. The molecule has 18 heavy (non-hydrogen) atoms. The second-order valence-corrected chi connectivity index (χ2v) is 4.50. The van der Waals surface area contributed by atoms with Gasteiger partial charge in [-0.25, -0.2) is 9.97 Å². The largest absolute Gasteiger partial charge is 0.372 e. The Morgan fingerprint density at radius 3 is 2.50 bits per heavy atom. The average Bonchev–Trinajstić information content (AvgIpc) is 2.37. The molecular weight excluding hydrogens is 232 g/mol. The van der Waals surface area contributed by atoms with Crippen molar-refractivity contribution in [2.24, 2.45) is 0 Å². The second kappa shape index (κ2) is 5.30. The Kier molecular flexibility index (Phi) is 3.76. The molecule has 1 N–H and O–H groups in total. The van der Waals surface area contributed by atoms with Gasteiger partial charge in [0.05, 0.1) is 24.6 Å². The highest BCUT2D eigenvalue weighted by Crippen LogP contribution is 2.13. The minimum absolute atomic E-state index is 0.0576. The highest BCUT2D eigenvalue weighted by Gasteiger charge is 2.27. The number of ether oxygens (including phenoxy) is 1. The highest BCUT2D eigenvalue weighted by molar-refractivity contribution is 5.92. The number of morpholine rings is 1. The van der Waals surface area contributed by atoms with E-state index in [4.69, 9.17) is 4.74 Å². The summed E-state index contributed by atoms with van der Waals surface area (Å²) in [5.41, 5.74) is 0.371. The van der Waals surface area contributed by atoms with Crippen molar-refractivity contribution in [2.75, 3.05) is 25.5 Å². The first-order valence-corrected chi connectivity index (χ1v) is 6.04. The summed E-state index contributed by atoms with van der Waals surface area (Å²) >= 11 is 0. The van der Waals surface area contributed by atoms with Gasteiger partial charge in [0.15, 0.2) is 0 Å². The fourth-order valence-electron chi connectivity index (χ4n) is 2.07. The normalized spacial score (nSPS) is 23.8. The molecule has 1 aromatic heterocycles. The van der Waals surface area contributed by atoms with E-state index in [-0.39, 0.29) is 18.1 Å². The van der Waals surface area contributed by atoms with E-state index in [1.165, 1.54) is 6.20 Å². The second-order valence-electron chi connectivity index (χ2n) is 4.50. The number of aromatic nitrogens is 2. The number of anilines is 1. The van der Waals surface area contributed by atoms with Gasteiger partial charge in [-0.1, -0.05) is 0 Å². The number of nitrogens with zero attached hydrogens (tertiary/aromatic N) is 3. The van der Waals surface area contributed by atoms with Gasteiger partial charge < -0.3 is 15.0 Å². The molecule has 2 heterocycles. The Morgan fingerprint density at radius 1 is 1.33 bits per heavy atom. The lowest BCUT2D eigenvalue weighted by Crippen LogP contribution is -2.48. The molecular formula is C12H18N4O2. The molecule has 0 aliphatic carbocycles. The van der Waals surface area contributed by atoms with Gasteiger partial charge in [0.2, 0.25) is 0 Å². The summed E-state index contributed by atoms with van der Waals surface area (Å²) < 4.78 is 5.60. The molecule has 2 atom stereocenters. The Bertz CT molecular complexity index is 411. The fourth-order valence-corrected chi connectivity index (χ4v) is 2.07. The van der Waals surface area contributed by atoms with Crippen molar-refractivity contribution in [1.29, 1.82) is 0 Å². The van der Waals surface area contributed by atoms with Crippen LogP contribution in [0, 0.1) is 0 Å². The van der Waals surface area contributed by atoms with Crippen LogP contribution in [0.15, 0.2) is 12.4 Å². The van der Waals surface area contributed by atoms with Gasteiger partial charge in [-0.3, -0.25) is 4.79 Å². The van der Waals surface area contributed by atoms with Crippen molar-refractivity contribution in [3.8, 4) is 0 Å². The lowest BCUT2D eigenvalue weighted by molar-refractivity contribution is -0.0587. The van der Waals surface area contributed by atoms with Gasteiger partial charge >= 0.3 is 0 Å². The van der Waals surface area contributed by atoms with E-state index in [0.717, 1.165) is 0 Å². The van der Waals surface area contributed by atoms with Crippen LogP contribution >= 0.6 is 0 Å². The predicted molar refractivity (Wildman–Crippen MR) is 67.5 cm³/mol. The molecule has 1 aliphatic heterocycles. The third-order valence-corrected chi connectivity index (χ3v) is 2.83. The SMILES string of the molecule is CNc1cnc(C(=O)N2CC(C)OC(C)C2)cn1. The predicted octanol–water partition coefficient (Wildman–Crippen LogP) is 0.768. The van der Waals surface area contributed by atoms with Crippen molar-refractivity contribution in [3.05, 3.63) is 18.1 Å². The molecule has 1 amide bonds. The van der Waals surface area contributed by atoms with Crippen LogP contribution in [0.1, 0.15) is 24.3 Å². The van der Waals surface area contributed by atoms with Crippen LogP contribution in [0.5, 0.6) is 0 Å². The average molecular weight is 250 g/mol. The standard InChI is InChI=1S/C12H18N4O2/c1-8-6-16(7-9(2)18-8)12(17)10-4-15-11(13-3)5-14-10/h4-5,8-9H,6-7H2,1-3H3,(H,13,15). The maximum Gasteiger partial charge on any atom is 0.274 e. The molecule has 2 rings (SSSR count). The monoisotopic (exact) mass is 250 g/mol. The summed E-state index contributed by atoms with van der Waals surface area (Å²) in [6.45, 7) is 5.12. The molecule has 2 unspecified atom stereocenters. The maximum absolute atomic E-state index is 12.2. The van der Waals surface area contributed by atoms with Crippen LogP contribution in [-0.4, -0.2) is 53.1 Å². The van der Waals surface area contributed by atoms with E-state index in [1.54, 1.807) is 18.1 Å². The van der Waals surface area contributed by atoms with Crippen LogP contribution in [0.2, 0.25) is 0 Å². The molecule has 0 spiro atoms. The van der Waals surface area contributed by atoms with Gasteiger partial charge in [0.25, 0.3) is 5.91 Å². The lowest BCUT2D eigenvalue weighted by atomic mass is 10.2. The Balaban J connectivity index is 2.09. The first-order valence-electron chi connectivity index (χ1n) is 6.04. The van der Waals surface area contributed by atoms with E-state index in [2.05, 4.69) is 15.3 Å². The third-order valence-electron chi connectivity index (χ3n) is 2.83. The number of amides is 1. The van der Waals surface area contributed by atoms with Gasteiger partial charge in [-0.15, -0.1) is 0 Å². The molecule has 0 radical (unpaired) electrons. The van der Waals surface area contributed by atoms with Gasteiger partial charge in [0, 0.05) is 20.1 Å². The summed E-state index contributed by atoms with van der Waals surface area (Å²) in [5, 5.41) is 2.87. The topological polar surface area (TPSA) is 67.4 Å². The van der Waals surface area contributed by atoms with Gasteiger partial charge in [-0.05, 0) is 13.8 Å². The third kappa shape index (κ3) is 2.76. The fraction of sp³-hybridized carbons (Fsp3) is 0.583. The number of nitrogens with one attached hydrogen (secondary N) is 1. The molecule has 98 valence electrons. The Labute approximate surface area is 106 Å². The van der Waals surface area contributed by atoms with Crippen molar-refractivity contribution in [2.45, 2.75) is 26.1 Å². The van der Waals surface area contributed by atoms with Gasteiger partial charge in [-0.2, -0.15) is 0 Å². The molecule has 1 aromatic rings. The molecule has 0 saturated carbocycles. The Morgan fingerprint density at radius 2 is 2.00 bits per heavy atom. The summed E-state index contributed by atoms with van der Waals surface area (Å²) in [6.07, 6.45) is 3.17. The van der Waals surface area contributed by atoms with Crippen molar-refractivity contribution in [1.82, 2.24) is 14.9 Å². The van der Waals surface area contributed by atoms with Crippen LogP contribution in [0.25, 0.3) is 0 Å². The van der Waals surface area contributed by atoms with Crippen molar-refractivity contribution >= 4 is 11.7 Å². The van der Waals surface area contributed by atoms with E-state index in [9.17, 15) is 4.79 Å². The number of hydrogen-bond donors (Lipinski definition) is 1. The first-order chi connectivity index (χ1) is 8.60. The summed E-state index contributed by atoms with van der Waals surface area (Å²) in [7, 11) is 1.76. The molecule has 1 aliphatic rings. The zero-order valence-electron chi connectivity index (χ0n) is 10.9. The number of rotatable bonds is 2. The number of carbonyl (C=O) groups excluding carboxylic acids is 1. The first kappa shape index (κ1) is 12.8. The van der Waals surface area contributed by atoms with Crippen LogP contribution in [-0.2, 0) is 4.74 Å². The molecule has 6 nitrogen and oxygen atoms in total. The summed E-state index contributed by atoms with van der Waals surface area (Å²) in [6, 6.07) is 0. The van der Waals surface area contributed by atoms with E-state index in [0.29, 0.717) is 24.6 Å². The van der Waals surface area contributed by atoms with E-state index in [1.807, 2.05) is 13.8 Å². The minimum Gasteiger partial charge on any atom is -0.372 e. The molecule has 6 heteroatoms. The maximum atomic E-state index is 12.2. The van der Waals surface area contributed by atoms with Crippen LogP contribution in [0.4, 0.5) is 5.82 Å². The van der Waals surface area contributed by atoms with E-state index < -0.39 is 0 Å². The lowest BCUT2D eigenvalue weighted by Gasteiger charge is -2.35. The number of carbonyl (C=O) groups is 1. The van der Waals surface area contributed by atoms with Crippen molar-refractivity contribution in [3.63, 3.8) is 0 Å². The zero-order valence-corrected chi connectivity index (χ0v) is 10.9. The van der Waals surface area contributed by atoms with Crippen LogP contribution < -0.4 is 5.32 Å². The van der Waals surface area contributed by atoms with Crippen molar-refractivity contribution < 1.29 is 9.53 Å². The summed E-state index contributed by atoms with van der Waals surface area (Å²) in [4.78, 5) is 22.2.